The second-order valence-corrected chi connectivity index (χ2v) is 3.77. The van der Waals surface area contributed by atoms with Crippen LogP contribution >= 0.6 is 0 Å². The minimum Gasteiger partial charge on any atom is -0.497 e. The zero-order valence-corrected chi connectivity index (χ0v) is 9.81. The molecule has 0 aliphatic rings. The highest BCUT2D eigenvalue weighted by atomic mass is 16.5. The number of rotatable bonds is 2. The maximum atomic E-state index is 11.7. The Kier molecular flexibility index (Phi) is 2.87. The van der Waals surface area contributed by atoms with Crippen molar-refractivity contribution in [3.8, 4) is 17.0 Å². The standard InChI is InChI=1S/C13H14N2O2/c1-15-12(8-7-11(14)13(15)16)9-3-5-10(17-2)6-4-9/h3-8H,14H2,1-2H3. The fourth-order valence-electron chi connectivity index (χ4n) is 1.71. The summed E-state index contributed by atoms with van der Waals surface area (Å²) in [5.41, 5.74) is 7.41. The number of aromatic nitrogens is 1. The van der Waals surface area contributed by atoms with E-state index in [1.54, 1.807) is 20.2 Å². The van der Waals surface area contributed by atoms with Gasteiger partial charge in [0.15, 0.2) is 0 Å². The lowest BCUT2D eigenvalue weighted by Gasteiger charge is -2.09. The van der Waals surface area contributed by atoms with Crippen molar-refractivity contribution in [1.82, 2.24) is 4.57 Å². The summed E-state index contributed by atoms with van der Waals surface area (Å²) >= 11 is 0. The average Bonchev–Trinajstić information content (AvgIpc) is 2.36. The third kappa shape index (κ3) is 2.01. The molecule has 0 aliphatic heterocycles. The predicted molar refractivity (Wildman–Crippen MR) is 68.1 cm³/mol. The third-order valence-electron chi connectivity index (χ3n) is 2.72. The monoisotopic (exact) mass is 230 g/mol. The van der Waals surface area contributed by atoms with E-state index in [0.717, 1.165) is 17.0 Å². The average molecular weight is 230 g/mol. The van der Waals surface area contributed by atoms with Crippen LogP contribution in [0.15, 0.2) is 41.2 Å². The van der Waals surface area contributed by atoms with Crippen LogP contribution in [0.3, 0.4) is 0 Å². The lowest BCUT2D eigenvalue weighted by Crippen LogP contribution is -2.21. The first kappa shape index (κ1) is 11.3. The SMILES string of the molecule is COc1ccc(-c2ccc(N)c(=O)n2C)cc1. The molecular weight excluding hydrogens is 216 g/mol. The van der Waals surface area contributed by atoms with Gasteiger partial charge in [-0.2, -0.15) is 0 Å². The third-order valence-corrected chi connectivity index (χ3v) is 2.72. The smallest absolute Gasteiger partial charge is 0.273 e. The molecule has 1 aromatic heterocycles. The van der Waals surface area contributed by atoms with Gasteiger partial charge < -0.3 is 15.0 Å². The second-order valence-electron chi connectivity index (χ2n) is 3.77. The Labute approximate surface area is 99.3 Å². The molecule has 0 aliphatic carbocycles. The van der Waals surface area contributed by atoms with Crippen LogP contribution in [0, 0.1) is 0 Å². The van der Waals surface area contributed by atoms with Crippen LogP contribution < -0.4 is 16.0 Å². The highest BCUT2D eigenvalue weighted by Gasteiger charge is 2.05. The number of nitrogens with zero attached hydrogens (tertiary/aromatic N) is 1. The van der Waals surface area contributed by atoms with Crippen LogP contribution in [-0.4, -0.2) is 11.7 Å². The predicted octanol–water partition coefficient (Wildman–Crippen LogP) is 1.64. The molecular formula is C13H14N2O2. The van der Waals surface area contributed by atoms with Crippen LogP contribution in [0.5, 0.6) is 5.75 Å². The van der Waals surface area contributed by atoms with Gasteiger partial charge in [0.05, 0.1) is 18.5 Å². The van der Waals surface area contributed by atoms with E-state index in [2.05, 4.69) is 0 Å². The van der Waals surface area contributed by atoms with E-state index in [1.807, 2.05) is 30.3 Å². The fourth-order valence-corrected chi connectivity index (χ4v) is 1.71. The quantitative estimate of drug-likeness (QED) is 0.853. The number of hydrogen-bond acceptors (Lipinski definition) is 3. The number of nitrogen functional groups attached to an aromatic ring is 1. The molecule has 0 radical (unpaired) electrons. The molecule has 1 aromatic carbocycles. The van der Waals surface area contributed by atoms with E-state index < -0.39 is 0 Å². The topological polar surface area (TPSA) is 57.2 Å². The van der Waals surface area contributed by atoms with Crippen molar-refractivity contribution in [1.29, 1.82) is 0 Å². The van der Waals surface area contributed by atoms with E-state index in [1.165, 1.54) is 4.57 Å². The lowest BCUT2D eigenvalue weighted by molar-refractivity contribution is 0.415. The molecule has 0 spiro atoms. The van der Waals surface area contributed by atoms with Gasteiger partial charge in [-0.1, -0.05) is 0 Å². The highest BCUT2D eigenvalue weighted by molar-refractivity contribution is 5.62. The minimum absolute atomic E-state index is 0.182. The van der Waals surface area contributed by atoms with Crippen LogP contribution in [0.1, 0.15) is 0 Å². The lowest BCUT2D eigenvalue weighted by atomic mass is 10.1. The summed E-state index contributed by atoms with van der Waals surface area (Å²) in [5.74, 6) is 0.786. The maximum absolute atomic E-state index is 11.7. The van der Waals surface area contributed by atoms with E-state index in [-0.39, 0.29) is 11.2 Å². The molecule has 0 unspecified atom stereocenters. The van der Waals surface area contributed by atoms with Gasteiger partial charge in [-0.25, -0.2) is 0 Å². The molecule has 4 nitrogen and oxygen atoms in total. The van der Waals surface area contributed by atoms with E-state index in [9.17, 15) is 4.79 Å². The van der Waals surface area contributed by atoms with Crippen LogP contribution in [0.25, 0.3) is 11.3 Å². The zero-order valence-electron chi connectivity index (χ0n) is 9.81. The summed E-state index contributed by atoms with van der Waals surface area (Å²) in [5, 5.41) is 0. The molecule has 0 bridgehead atoms. The highest BCUT2D eigenvalue weighted by Crippen LogP contribution is 2.21. The van der Waals surface area contributed by atoms with Crippen molar-refractivity contribution in [3.63, 3.8) is 0 Å². The van der Waals surface area contributed by atoms with Gasteiger partial charge in [-0.15, -0.1) is 0 Å². The Balaban J connectivity index is 2.53. The zero-order chi connectivity index (χ0) is 12.4. The molecule has 0 fully saturated rings. The summed E-state index contributed by atoms with van der Waals surface area (Å²) in [6.45, 7) is 0. The Bertz CT molecular complexity index is 585. The number of hydrogen-bond donors (Lipinski definition) is 1. The summed E-state index contributed by atoms with van der Waals surface area (Å²) in [6, 6.07) is 11.0. The Morgan fingerprint density at radius 3 is 2.35 bits per heavy atom. The van der Waals surface area contributed by atoms with Crippen LogP contribution in [0.4, 0.5) is 5.69 Å². The molecule has 1 heterocycles. The number of benzene rings is 1. The number of nitrogens with two attached hydrogens (primary N) is 1. The molecule has 2 aromatic rings. The number of anilines is 1. The first-order chi connectivity index (χ1) is 8.13. The second kappa shape index (κ2) is 4.33. The fraction of sp³-hybridized carbons (Fsp3) is 0.154. The molecule has 17 heavy (non-hydrogen) atoms. The van der Waals surface area contributed by atoms with Crippen molar-refractivity contribution in [2.45, 2.75) is 0 Å². The molecule has 4 heteroatoms. The van der Waals surface area contributed by atoms with E-state index >= 15 is 0 Å². The van der Waals surface area contributed by atoms with Gasteiger partial charge in [-0.3, -0.25) is 4.79 Å². The minimum atomic E-state index is -0.182. The molecule has 0 saturated carbocycles. The molecule has 2 N–H and O–H groups in total. The summed E-state index contributed by atoms with van der Waals surface area (Å²) < 4.78 is 6.63. The normalized spacial score (nSPS) is 10.2. The van der Waals surface area contributed by atoms with E-state index in [4.69, 9.17) is 10.5 Å². The van der Waals surface area contributed by atoms with Crippen molar-refractivity contribution in [3.05, 3.63) is 46.8 Å². The first-order valence-corrected chi connectivity index (χ1v) is 5.23. The van der Waals surface area contributed by atoms with Crippen molar-refractivity contribution in [2.75, 3.05) is 12.8 Å². The first-order valence-electron chi connectivity index (χ1n) is 5.23. The van der Waals surface area contributed by atoms with E-state index in [0.29, 0.717) is 0 Å². The van der Waals surface area contributed by atoms with Crippen LogP contribution in [-0.2, 0) is 7.05 Å². The maximum Gasteiger partial charge on any atom is 0.273 e. The van der Waals surface area contributed by atoms with Gasteiger partial charge >= 0.3 is 0 Å². The van der Waals surface area contributed by atoms with Crippen molar-refractivity contribution >= 4 is 5.69 Å². The Morgan fingerprint density at radius 2 is 1.76 bits per heavy atom. The van der Waals surface area contributed by atoms with Gasteiger partial charge in [0.2, 0.25) is 0 Å². The summed E-state index contributed by atoms with van der Waals surface area (Å²) in [6.07, 6.45) is 0. The summed E-state index contributed by atoms with van der Waals surface area (Å²) in [7, 11) is 3.33. The molecule has 2 rings (SSSR count). The Morgan fingerprint density at radius 1 is 1.12 bits per heavy atom. The number of ether oxygens (including phenoxy) is 1. The van der Waals surface area contributed by atoms with Crippen LogP contribution in [0.2, 0.25) is 0 Å². The van der Waals surface area contributed by atoms with Crippen molar-refractivity contribution in [2.24, 2.45) is 7.05 Å². The largest absolute Gasteiger partial charge is 0.497 e. The van der Waals surface area contributed by atoms with Gasteiger partial charge in [0.1, 0.15) is 5.75 Å². The van der Waals surface area contributed by atoms with Gasteiger partial charge in [0.25, 0.3) is 5.56 Å². The Hall–Kier alpha value is -2.23. The van der Waals surface area contributed by atoms with Gasteiger partial charge in [-0.05, 0) is 42.0 Å². The van der Waals surface area contributed by atoms with Gasteiger partial charge in [0, 0.05) is 7.05 Å². The molecule has 88 valence electrons. The molecule has 0 atom stereocenters. The number of methoxy groups -OCH3 is 1. The number of pyridine rings is 1. The molecule has 0 saturated heterocycles. The summed E-state index contributed by atoms with van der Waals surface area (Å²) in [4.78, 5) is 11.7. The van der Waals surface area contributed by atoms with Crippen molar-refractivity contribution < 1.29 is 4.74 Å². The molecule has 0 amide bonds.